The van der Waals surface area contributed by atoms with Gasteiger partial charge >= 0.3 is 0 Å². The smallest absolute Gasteiger partial charge is 0.182 e. The first-order chi connectivity index (χ1) is 16.2. The number of nitrogen functional groups attached to an aromatic ring is 1. The van der Waals surface area contributed by atoms with Gasteiger partial charge in [0.1, 0.15) is 24.8 Å². The number of fused-ring (bicyclic) bond motifs is 3. The maximum Gasteiger partial charge on any atom is 0.182 e. The van der Waals surface area contributed by atoms with Crippen LogP contribution in [0.25, 0.3) is 10.8 Å². The Hall–Kier alpha value is -4.00. The number of hydrogen-bond donors (Lipinski definition) is 2. The van der Waals surface area contributed by atoms with Crippen molar-refractivity contribution in [3.05, 3.63) is 77.2 Å². The number of nitrogens with two attached hydrogens (primary N) is 1. The van der Waals surface area contributed by atoms with Gasteiger partial charge in [0, 0.05) is 34.3 Å². The third-order valence-electron chi connectivity index (χ3n) is 6.17. The van der Waals surface area contributed by atoms with Crippen LogP contribution in [0.15, 0.2) is 54.9 Å². The predicted octanol–water partition coefficient (Wildman–Crippen LogP) is 4.98. The Balaban J connectivity index is 1.45. The number of nitrogens with zero attached hydrogens (tertiary/aromatic N) is 2. The number of pyridine rings is 1. The Morgan fingerprint density at radius 1 is 1.12 bits per heavy atom. The Bertz CT molecular complexity index is 1420. The number of phenols is 1. The van der Waals surface area contributed by atoms with Gasteiger partial charge in [-0.1, -0.05) is 26.8 Å². The van der Waals surface area contributed by atoms with Gasteiger partial charge in [0.05, 0.1) is 12.2 Å². The molecule has 0 fully saturated rings. The average molecular weight is 458 g/mol. The van der Waals surface area contributed by atoms with Crippen LogP contribution in [0, 0.1) is 0 Å². The second kappa shape index (κ2) is 8.09. The molecule has 7 heteroatoms. The molecule has 0 saturated carbocycles. The SMILES string of the molecule is CC(C)(C)c1cc(C(=O)Cn2cc3cc4c(cc3c2N)OCc2ncccc2CO4)ccc1O. The van der Waals surface area contributed by atoms with Gasteiger partial charge in [-0.05, 0) is 47.4 Å². The summed E-state index contributed by atoms with van der Waals surface area (Å²) in [7, 11) is 0. The number of phenolic OH excluding ortho intramolecular Hbond substituents is 1. The maximum atomic E-state index is 13.1. The van der Waals surface area contributed by atoms with Crippen LogP contribution in [-0.2, 0) is 25.2 Å². The molecule has 0 radical (unpaired) electrons. The zero-order valence-electron chi connectivity index (χ0n) is 19.5. The van der Waals surface area contributed by atoms with Crippen molar-refractivity contribution in [2.24, 2.45) is 0 Å². The Labute approximate surface area is 197 Å². The summed E-state index contributed by atoms with van der Waals surface area (Å²) >= 11 is 0. The van der Waals surface area contributed by atoms with Crippen molar-refractivity contribution < 1.29 is 19.4 Å². The van der Waals surface area contributed by atoms with E-state index in [0.717, 1.165) is 27.6 Å². The molecule has 0 bridgehead atoms. The number of carbonyl (C=O) groups excluding carboxylic acids is 1. The lowest BCUT2D eigenvalue weighted by atomic mass is 9.85. The van der Waals surface area contributed by atoms with E-state index in [2.05, 4.69) is 4.98 Å². The molecule has 2 aromatic carbocycles. The third kappa shape index (κ3) is 3.94. The summed E-state index contributed by atoms with van der Waals surface area (Å²) in [4.78, 5) is 17.5. The van der Waals surface area contributed by atoms with Crippen molar-refractivity contribution >= 4 is 22.4 Å². The molecular weight excluding hydrogens is 430 g/mol. The standard InChI is InChI=1S/C27H27N3O4/c1-27(2,3)20-9-16(6-7-22(20)31)23(32)13-30-12-18-10-24-25(11-19(18)26(30)28)34-15-21-17(14-33-24)5-4-8-29-21/h4-12,31H,13-15,28H2,1-3H3. The van der Waals surface area contributed by atoms with E-state index in [1.807, 2.05) is 51.2 Å². The number of carbonyl (C=O) groups is 1. The second-order valence-electron chi connectivity index (χ2n) is 9.62. The molecule has 5 rings (SSSR count). The van der Waals surface area contributed by atoms with Crippen molar-refractivity contribution in [1.82, 2.24) is 9.55 Å². The van der Waals surface area contributed by atoms with Crippen LogP contribution >= 0.6 is 0 Å². The molecule has 0 atom stereocenters. The van der Waals surface area contributed by atoms with E-state index in [1.165, 1.54) is 0 Å². The number of aromatic nitrogens is 2. The summed E-state index contributed by atoms with van der Waals surface area (Å²) in [6.45, 7) is 6.81. The normalized spacial score (nSPS) is 13.3. The molecule has 3 heterocycles. The van der Waals surface area contributed by atoms with Gasteiger partial charge in [-0.25, -0.2) is 0 Å². The van der Waals surface area contributed by atoms with Crippen LogP contribution in [-0.4, -0.2) is 20.4 Å². The van der Waals surface area contributed by atoms with E-state index in [4.69, 9.17) is 15.2 Å². The molecule has 0 spiro atoms. The van der Waals surface area contributed by atoms with Gasteiger partial charge in [-0.3, -0.25) is 9.78 Å². The monoisotopic (exact) mass is 457 g/mol. The highest BCUT2D eigenvalue weighted by molar-refractivity contribution is 5.99. The second-order valence-corrected chi connectivity index (χ2v) is 9.62. The van der Waals surface area contributed by atoms with Crippen LogP contribution < -0.4 is 15.2 Å². The van der Waals surface area contributed by atoms with Crippen molar-refractivity contribution in [2.75, 3.05) is 5.73 Å². The van der Waals surface area contributed by atoms with E-state index in [0.29, 0.717) is 36.1 Å². The van der Waals surface area contributed by atoms with Gasteiger partial charge in [0.2, 0.25) is 0 Å². The highest BCUT2D eigenvalue weighted by Gasteiger charge is 2.21. The fourth-order valence-electron chi connectivity index (χ4n) is 4.24. The van der Waals surface area contributed by atoms with Gasteiger partial charge < -0.3 is 24.9 Å². The zero-order valence-corrected chi connectivity index (χ0v) is 19.5. The molecule has 34 heavy (non-hydrogen) atoms. The van der Waals surface area contributed by atoms with Gasteiger partial charge in [-0.15, -0.1) is 0 Å². The van der Waals surface area contributed by atoms with E-state index >= 15 is 0 Å². The molecule has 2 aromatic heterocycles. The number of ether oxygens (including phenoxy) is 2. The van der Waals surface area contributed by atoms with E-state index < -0.39 is 0 Å². The first kappa shape index (κ1) is 21.8. The van der Waals surface area contributed by atoms with Crippen LogP contribution in [0.3, 0.4) is 0 Å². The average Bonchev–Trinajstić information content (AvgIpc) is 3.08. The number of ketones is 1. The number of rotatable bonds is 3. The quantitative estimate of drug-likeness (QED) is 0.421. The first-order valence-corrected chi connectivity index (χ1v) is 11.2. The van der Waals surface area contributed by atoms with Gasteiger partial charge in [-0.2, -0.15) is 0 Å². The summed E-state index contributed by atoms with van der Waals surface area (Å²) in [5, 5.41) is 11.9. The molecule has 4 aromatic rings. The highest BCUT2D eigenvalue weighted by Crippen LogP contribution is 2.38. The number of anilines is 1. The topological polar surface area (TPSA) is 99.6 Å². The molecule has 0 unspecified atom stereocenters. The molecular formula is C27H27N3O4. The highest BCUT2D eigenvalue weighted by atomic mass is 16.5. The third-order valence-corrected chi connectivity index (χ3v) is 6.17. The molecule has 0 saturated heterocycles. The van der Waals surface area contributed by atoms with E-state index in [-0.39, 0.29) is 23.5 Å². The van der Waals surface area contributed by atoms with Crippen LogP contribution in [0.5, 0.6) is 17.2 Å². The molecule has 0 aliphatic carbocycles. The summed E-state index contributed by atoms with van der Waals surface area (Å²) in [5.41, 5.74) is 9.23. The summed E-state index contributed by atoms with van der Waals surface area (Å²) < 4.78 is 13.7. The fraction of sp³-hybridized carbons (Fsp3) is 0.259. The zero-order chi connectivity index (χ0) is 24.0. The summed E-state index contributed by atoms with van der Waals surface area (Å²) in [6, 6.07) is 12.6. The number of aromatic hydroxyl groups is 1. The molecule has 1 aliphatic heterocycles. The van der Waals surface area contributed by atoms with Crippen molar-refractivity contribution in [3.8, 4) is 17.2 Å². The van der Waals surface area contributed by atoms with Crippen molar-refractivity contribution in [1.29, 1.82) is 0 Å². The lowest BCUT2D eigenvalue weighted by molar-refractivity contribution is 0.0973. The van der Waals surface area contributed by atoms with Gasteiger partial charge in [0.25, 0.3) is 0 Å². The van der Waals surface area contributed by atoms with Crippen LogP contribution in [0.1, 0.15) is 48.0 Å². The molecule has 0 amide bonds. The molecule has 3 N–H and O–H groups in total. The molecule has 1 aliphatic rings. The molecule has 7 nitrogen and oxygen atoms in total. The first-order valence-electron chi connectivity index (χ1n) is 11.2. The van der Waals surface area contributed by atoms with Crippen molar-refractivity contribution in [2.45, 2.75) is 45.9 Å². The summed E-state index contributed by atoms with van der Waals surface area (Å²) in [5.74, 6) is 1.78. The summed E-state index contributed by atoms with van der Waals surface area (Å²) in [6.07, 6.45) is 3.59. The minimum atomic E-state index is -0.285. The largest absolute Gasteiger partial charge is 0.508 e. The van der Waals surface area contributed by atoms with Gasteiger partial charge in [0.15, 0.2) is 17.3 Å². The maximum absolute atomic E-state index is 13.1. The minimum Gasteiger partial charge on any atom is -0.508 e. The van der Waals surface area contributed by atoms with Crippen LogP contribution in [0.2, 0.25) is 0 Å². The van der Waals surface area contributed by atoms with E-state index in [1.54, 1.807) is 29.0 Å². The van der Waals surface area contributed by atoms with E-state index in [9.17, 15) is 9.90 Å². The fourth-order valence-corrected chi connectivity index (χ4v) is 4.24. The lowest BCUT2D eigenvalue weighted by Crippen LogP contribution is -2.15. The Morgan fingerprint density at radius 2 is 1.88 bits per heavy atom. The number of hydrogen-bond acceptors (Lipinski definition) is 6. The Morgan fingerprint density at radius 3 is 2.68 bits per heavy atom. The number of benzene rings is 2. The predicted molar refractivity (Wildman–Crippen MR) is 130 cm³/mol. The van der Waals surface area contributed by atoms with Crippen molar-refractivity contribution in [3.63, 3.8) is 0 Å². The minimum absolute atomic E-state index is 0.0800. The van der Waals surface area contributed by atoms with Crippen LogP contribution in [0.4, 0.5) is 5.82 Å². The lowest BCUT2D eigenvalue weighted by Gasteiger charge is -2.21. The Kier molecular flexibility index (Phi) is 5.20. The molecule has 174 valence electrons. The number of Topliss-reactive ketones (excluding diaryl/α,β-unsaturated/α-hetero) is 1.